The summed E-state index contributed by atoms with van der Waals surface area (Å²) >= 11 is 0. The molecule has 0 N–H and O–H groups in total. The molecule has 0 amide bonds. The second-order valence-corrected chi connectivity index (χ2v) is 16.2. The Labute approximate surface area is 301 Å². The number of benzene rings is 4. The highest BCUT2D eigenvalue weighted by atomic mass is 28.2. The quantitative estimate of drug-likeness (QED) is 0.105. The van der Waals surface area contributed by atoms with Crippen molar-refractivity contribution in [2.45, 2.75) is 129 Å². The van der Waals surface area contributed by atoms with Crippen LogP contribution in [0.15, 0.2) is 96.1 Å². The molecule has 2 radical (unpaired) electrons. The van der Waals surface area contributed by atoms with Gasteiger partial charge in [0.25, 0.3) is 0 Å². The predicted octanol–water partition coefficient (Wildman–Crippen LogP) is 14.6. The fourth-order valence-corrected chi connectivity index (χ4v) is 9.84. The van der Waals surface area contributed by atoms with E-state index in [4.69, 9.17) is 0 Å². The van der Waals surface area contributed by atoms with Gasteiger partial charge in [-0.25, -0.2) is 0 Å². The molecule has 0 nitrogen and oxygen atoms in total. The Morgan fingerprint density at radius 3 is 1.31 bits per heavy atom. The third-order valence-corrected chi connectivity index (χ3v) is 13.1. The Bertz CT molecular complexity index is 1620. The molecule has 0 heterocycles. The van der Waals surface area contributed by atoms with E-state index < -0.39 is 0 Å². The molecular weight excluding hydrogens is 605 g/mol. The van der Waals surface area contributed by atoms with Crippen LogP contribution in [0.1, 0.15) is 150 Å². The van der Waals surface area contributed by atoms with Crippen molar-refractivity contribution in [2.24, 2.45) is 0 Å². The molecule has 0 saturated heterocycles. The Hall–Kier alpha value is -3.42. The van der Waals surface area contributed by atoms with Gasteiger partial charge < -0.3 is 0 Å². The summed E-state index contributed by atoms with van der Waals surface area (Å²) in [6.45, 7) is 13.9. The average molecular weight is 663 g/mol. The van der Waals surface area contributed by atoms with Crippen molar-refractivity contribution < 1.29 is 0 Å². The largest absolute Gasteiger partial charge is 0.0654 e. The number of hydrogen-bond acceptors (Lipinski definition) is 0. The first-order valence-electron chi connectivity index (χ1n) is 19.5. The lowest BCUT2D eigenvalue weighted by Crippen LogP contribution is -2.08. The Kier molecular flexibility index (Phi) is 11.9. The molecule has 49 heavy (non-hydrogen) atoms. The van der Waals surface area contributed by atoms with Crippen molar-refractivity contribution in [3.63, 3.8) is 0 Å². The van der Waals surface area contributed by atoms with Crippen LogP contribution in [0.25, 0.3) is 34.4 Å². The highest BCUT2D eigenvalue weighted by molar-refractivity contribution is 6.36. The van der Waals surface area contributed by atoms with Gasteiger partial charge in [-0.2, -0.15) is 0 Å². The van der Waals surface area contributed by atoms with Crippen LogP contribution in [0.2, 0.25) is 12.1 Å². The molecule has 0 saturated carbocycles. The lowest BCUT2D eigenvalue weighted by molar-refractivity contribution is 0.730. The Morgan fingerprint density at radius 2 is 0.939 bits per heavy atom. The topological polar surface area (TPSA) is 0 Å². The lowest BCUT2D eigenvalue weighted by Gasteiger charge is -2.21. The first kappa shape index (κ1) is 35.4. The van der Waals surface area contributed by atoms with Gasteiger partial charge in [0, 0.05) is 21.4 Å². The van der Waals surface area contributed by atoms with Gasteiger partial charge in [-0.3, -0.25) is 0 Å². The molecule has 0 aliphatic heterocycles. The zero-order valence-electron chi connectivity index (χ0n) is 31.1. The maximum absolute atomic E-state index is 2.59. The van der Waals surface area contributed by atoms with Crippen LogP contribution >= 0.6 is 0 Å². The fourth-order valence-electron chi connectivity index (χ4n) is 8.13. The lowest BCUT2D eigenvalue weighted by atomic mass is 9.91. The highest BCUT2D eigenvalue weighted by Crippen LogP contribution is 2.48. The van der Waals surface area contributed by atoms with E-state index in [-0.39, 0.29) is 0 Å². The van der Waals surface area contributed by atoms with Gasteiger partial charge >= 0.3 is 0 Å². The van der Waals surface area contributed by atoms with Crippen molar-refractivity contribution in [3.05, 3.63) is 129 Å². The minimum atomic E-state index is 0.554. The van der Waals surface area contributed by atoms with Crippen LogP contribution < -0.4 is 0 Å². The van der Waals surface area contributed by atoms with Gasteiger partial charge in [0.15, 0.2) is 0 Å². The minimum Gasteiger partial charge on any atom is -0.0654 e. The summed E-state index contributed by atoms with van der Waals surface area (Å²) in [4.78, 5) is 0. The SMILES string of the molecule is CCCCC1=Cc2c(-c3ccc(C(C)CC)cc3)cccc2C1C[Si]CC1C(CCCC)=Cc2c(-c3ccc(C(C)CC)cc3)cccc21. The Balaban J connectivity index is 1.24. The van der Waals surface area contributed by atoms with Crippen LogP contribution in [0.5, 0.6) is 0 Å². The normalized spacial score (nSPS) is 17.8. The molecule has 6 rings (SSSR count). The van der Waals surface area contributed by atoms with Crippen LogP contribution in [0, 0.1) is 0 Å². The van der Waals surface area contributed by atoms with E-state index in [1.54, 1.807) is 22.3 Å². The summed E-state index contributed by atoms with van der Waals surface area (Å²) < 4.78 is 0. The van der Waals surface area contributed by atoms with Gasteiger partial charge in [0.2, 0.25) is 0 Å². The van der Waals surface area contributed by atoms with Crippen LogP contribution in [-0.4, -0.2) is 9.52 Å². The molecule has 0 fully saturated rings. The predicted molar refractivity (Wildman–Crippen MR) is 217 cm³/mol. The van der Waals surface area contributed by atoms with Crippen LogP contribution in [0.4, 0.5) is 0 Å². The summed E-state index contributed by atoms with van der Waals surface area (Å²) in [6.07, 6.45) is 15.0. The molecule has 2 aliphatic carbocycles. The van der Waals surface area contributed by atoms with Crippen molar-refractivity contribution in [1.82, 2.24) is 0 Å². The maximum atomic E-state index is 2.59. The van der Waals surface area contributed by atoms with E-state index in [0.717, 1.165) is 9.52 Å². The van der Waals surface area contributed by atoms with Gasteiger partial charge in [0.05, 0.1) is 0 Å². The van der Waals surface area contributed by atoms with Crippen LogP contribution in [-0.2, 0) is 0 Å². The third-order valence-electron chi connectivity index (χ3n) is 11.7. The van der Waals surface area contributed by atoms with Gasteiger partial charge in [0.1, 0.15) is 0 Å². The molecule has 4 atom stereocenters. The maximum Gasteiger partial charge on any atom is 0.0397 e. The first-order chi connectivity index (χ1) is 24.0. The summed E-state index contributed by atoms with van der Waals surface area (Å²) in [5.74, 6) is 2.33. The molecule has 4 unspecified atom stereocenters. The van der Waals surface area contributed by atoms with Crippen molar-refractivity contribution in [2.75, 3.05) is 0 Å². The number of hydrogen-bond donors (Lipinski definition) is 0. The van der Waals surface area contributed by atoms with Gasteiger partial charge in [-0.1, -0.05) is 175 Å². The van der Waals surface area contributed by atoms with E-state index in [0.29, 0.717) is 23.7 Å². The smallest absolute Gasteiger partial charge is 0.0397 e. The van der Waals surface area contributed by atoms with Gasteiger partial charge in [-0.05, 0) is 106 Å². The van der Waals surface area contributed by atoms with E-state index in [9.17, 15) is 0 Å². The van der Waals surface area contributed by atoms with Crippen LogP contribution in [0.3, 0.4) is 0 Å². The summed E-state index contributed by atoms with van der Waals surface area (Å²) in [6, 6.07) is 35.6. The number of rotatable bonds is 16. The minimum absolute atomic E-state index is 0.554. The summed E-state index contributed by atoms with van der Waals surface area (Å²) in [5.41, 5.74) is 17.9. The zero-order chi connectivity index (χ0) is 34.3. The number of fused-ring (bicyclic) bond motifs is 2. The van der Waals surface area contributed by atoms with E-state index in [1.807, 2.05) is 0 Å². The summed E-state index contributed by atoms with van der Waals surface area (Å²) in [5, 5.41) is 0. The average Bonchev–Trinajstić information content (AvgIpc) is 3.69. The van der Waals surface area contributed by atoms with Gasteiger partial charge in [-0.15, -0.1) is 0 Å². The molecule has 254 valence electrons. The number of allylic oxidation sites excluding steroid dienone is 2. The van der Waals surface area contributed by atoms with Crippen molar-refractivity contribution >= 4 is 21.7 Å². The molecule has 4 aromatic rings. The second-order valence-electron chi connectivity index (χ2n) is 14.9. The standard InChI is InChI=1S/C48H58Si/c1-7-11-15-39-29-45-41(37-25-21-35(22-26-37)33(5)9-3)17-13-19-43(45)47(39)31-49-32-48-40(16-12-8-2)30-46-42(18-14-20-44(46)48)38-27-23-36(24-28-38)34(6)10-4/h13-14,17-30,33-34,47-48H,7-12,15-16,31-32H2,1-6H3. The monoisotopic (exact) mass is 662 g/mol. The van der Waals surface area contributed by atoms with Crippen molar-refractivity contribution in [1.29, 1.82) is 0 Å². The first-order valence-corrected chi connectivity index (χ1v) is 21.0. The summed E-state index contributed by atoms with van der Waals surface area (Å²) in [7, 11) is 0.942. The molecule has 0 bridgehead atoms. The second kappa shape index (κ2) is 16.5. The zero-order valence-corrected chi connectivity index (χ0v) is 32.1. The van der Waals surface area contributed by atoms with E-state index >= 15 is 0 Å². The molecule has 0 spiro atoms. The fraction of sp³-hybridized carbons (Fsp3) is 0.417. The molecule has 2 aliphatic rings. The highest BCUT2D eigenvalue weighted by Gasteiger charge is 2.30. The molecule has 4 aromatic carbocycles. The van der Waals surface area contributed by atoms with E-state index in [2.05, 4.69) is 139 Å². The number of unbranched alkanes of at least 4 members (excludes halogenated alkanes) is 2. The Morgan fingerprint density at radius 1 is 0.531 bits per heavy atom. The van der Waals surface area contributed by atoms with E-state index in [1.165, 1.54) is 108 Å². The molecular formula is C48H58Si. The molecule has 0 aromatic heterocycles. The molecule has 1 heteroatoms. The van der Waals surface area contributed by atoms with Crippen molar-refractivity contribution in [3.8, 4) is 22.3 Å². The third kappa shape index (κ3) is 7.68.